The highest BCUT2D eigenvalue weighted by atomic mass is 79.9. The molecule has 62 valence electrons. The van der Waals surface area contributed by atoms with Gasteiger partial charge in [-0.2, -0.15) is 0 Å². The minimum Gasteiger partial charge on any atom is -0.309 e. The highest BCUT2D eigenvalue weighted by Gasteiger charge is 1.97. The van der Waals surface area contributed by atoms with E-state index in [2.05, 4.69) is 46.4 Å². The third kappa shape index (κ3) is 3.36. The molecule has 1 heterocycles. The molecule has 0 N–H and O–H groups in total. The van der Waals surface area contributed by atoms with Gasteiger partial charge in [-0.25, -0.2) is 0 Å². The Balaban J connectivity index is 2.39. The first kappa shape index (κ1) is 9.23. The Hall–Kier alpha value is 0.140. The van der Waals surface area contributed by atoms with Crippen LogP contribution in [0.5, 0.6) is 0 Å². The van der Waals surface area contributed by atoms with Gasteiger partial charge in [-0.15, -0.1) is 11.3 Å². The molecule has 1 nitrogen and oxygen atoms in total. The first-order valence-corrected chi connectivity index (χ1v) is 5.23. The number of likely N-dealkylation sites (N-methyl/N-ethyl adjacent to an activating group) is 1. The van der Waals surface area contributed by atoms with E-state index in [1.807, 2.05) is 11.3 Å². The molecule has 0 saturated carbocycles. The van der Waals surface area contributed by atoms with E-state index in [0.717, 1.165) is 13.0 Å². The maximum atomic E-state index is 3.44. The highest BCUT2D eigenvalue weighted by molar-refractivity contribution is 9.10. The van der Waals surface area contributed by atoms with E-state index >= 15 is 0 Å². The lowest BCUT2D eigenvalue weighted by molar-refractivity contribution is 0.415. The third-order valence-corrected chi connectivity index (χ3v) is 3.18. The molecule has 0 radical (unpaired) electrons. The molecule has 0 unspecified atom stereocenters. The van der Waals surface area contributed by atoms with Gasteiger partial charge in [0.1, 0.15) is 0 Å². The van der Waals surface area contributed by atoms with Crippen molar-refractivity contribution in [3.63, 3.8) is 0 Å². The zero-order valence-corrected chi connectivity index (χ0v) is 9.20. The number of rotatable bonds is 3. The Morgan fingerprint density at radius 1 is 1.55 bits per heavy atom. The Morgan fingerprint density at radius 2 is 2.27 bits per heavy atom. The van der Waals surface area contributed by atoms with Crippen molar-refractivity contribution in [1.82, 2.24) is 4.90 Å². The number of halogens is 1. The Kier molecular flexibility index (Phi) is 3.55. The Labute approximate surface area is 80.2 Å². The molecule has 0 aliphatic rings. The summed E-state index contributed by atoms with van der Waals surface area (Å²) in [5, 5.41) is 2.13. The zero-order chi connectivity index (χ0) is 8.27. The van der Waals surface area contributed by atoms with Crippen LogP contribution in [0.15, 0.2) is 15.9 Å². The van der Waals surface area contributed by atoms with Crippen LogP contribution in [0.4, 0.5) is 0 Å². The topological polar surface area (TPSA) is 3.24 Å². The smallest absolute Gasteiger partial charge is 0.0285 e. The number of hydrogen-bond donors (Lipinski definition) is 0. The minimum atomic E-state index is 1.13. The van der Waals surface area contributed by atoms with E-state index in [9.17, 15) is 0 Å². The third-order valence-electron chi connectivity index (χ3n) is 1.43. The lowest BCUT2D eigenvalue weighted by Gasteiger charge is -2.06. The molecule has 1 aromatic rings. The minimum absolute atomic E-state index is 1.13. The summed E-state index contributed by atoms with van der Waals surface area (Å²) in [5.41, 5.74) is 0. The van der Waals surface area contributed by atoms with Crippen molar-refractivity contribution in [2.75, 3.05) is 20.6 Å². The van der Waals surface area contributed by atoms with Gasteiger partial charge < -0.3 is 4.90 Å². The van der Waals surface area contributed by atoms with Crippen LogP contribution in [-0.4, -0.2) is 25.5 Å². The van der Waals surface area contributed by atoms with Gasteiger partial charge in [-0.05, 0) is 42.5 Å². The van der Waals surface area contributed by atoms with Gasteiger partial charge in [-0.1, -0.05) is 0 Å². The van der Waals surface area contributed by atoms with Crippen molar-refractivity contribution < 1.29 is 0 Å². The van der Waals surface area contributed by atoms with Crippen molar-refractivity contribution >= 4 is 27.3 Å². The van der Waals surface area contributed by atoms with Crippen LogP contribution in [0.1, 0.15) is 4.88 Å². The molecule has 0 fully saturated rings. The second-order valence-corrected chi connectivity index (χ2v) is 4.70. The van der Waals surface area contributed by atoms with E-state index in [4.69, 9.17) is 0 Å². The predicted molar refractivity (Wildman–Crippen MR) is 54.3 cm³/mol. The van der Waals surface area contributed by atoms with E-state index in [0.29, 0.717) is 0 Å². The number of thiophene rings is 1. The van der Waals surface area contributed by atoms with Gasteiger partial charge in [0, 0.05) is 21.3 Å². The van der Waals surface area contributed by atoms with Crippen molar-refractivity contribution in [2.24, 2.45) is 0 Å². The first-order valence-electron chi connectivity index (χ1n) is 3.56. The van der Waals surface area contributed by atoms with E-state index in [1.165, 1.54) is 9.35 Å². The zero-order valence-electron chi connectivity index (χ0n) is 6.80. The molecule has 0 aliphatic carbocycles. The number of hydrogen-bond acceptors (Lipinski definition) is 2. The summed E-state index contributed by atoms with van der Waals surface area (Å²) in [6.07, 6.45) is 1.16. The van der Waals surface area contributed by atoms with Gasteiger partial charge in [-0.3, -0.25) is 0 Å². The molecule has 0 aromatic carbocycles. The van der Waals surface area contributed by atoms with Crippen LogP contribution < -0.4 is 0 Å². The maximum absolute atomic E-state index is 3.44. The van der Waals surface area contributed by atoms with Gasteiger partial charge in [0.2, 0.25) is 0 Å². The van der Waals surface area contributed by atoms with Crippen LogP contribution in [0.2, 0.25) is 0 Å². The fourth-order valence-electron chi connectivity index (χ4n) is 0.819. The molecule has 0 bridgehead atoms. The van der Waals surface area contributed by atoms with Crippen LogP contribution in [0.25, 0.3) is 0 Å². The number of nitrogens with zero attached hydrogens (tertiary/aromatic N) is 1. The molecular weight excluding hydrogens is 222 g/mol. The van der Waals surface area contributed by atoms with Crippen molar-refractivity contribution in [2.45, 2.75) is 6.42 Å². The fraction of sp³-hybridized carbons (Fsp3) is 0.500. The molecule has 1 rings (SSSR count). The Bertz CT molecular complexity index is 220. The van der Waals surface area contributed by atoms with Crippen LogP contribution in [0.3, 0.4) is 0 Å². The molecular formula is C8H12BrNS. The normalized spacial score (nSPS) is 10.9. The van der Waals surface area contributed by atoms with E-state index < -0.39 is 0 Å². The molecule has 0 amide bonds. The molecule has 11 heavy (non-hydrogen) atoms. The van der Waals surface area contributed by atoms with Crippen molar-refractivity contribution in [3.8, 4) is 0 Å². The van der Waals surface area contributed by atoms with Crippen LogP contribution in [-0.2, 0) is 6.42 Å². The predicted octanol–water partition coefficient (Wildman–Crippen LogP) is 2.61. The summed E-state index contributed by atoms with van der Waals surface area (Å²) in [4.78, 5) is 3.65. The summed E-state index contributed by atoms with van der Waals surface area (Å²) >= 11 is 5.25. The molecule has 0 spiro atoms. The molecule has 0 atom stereocenters. The lowest BCUT2D eigenvalue weighted by Crippen LogP contribution is -2.14. The van der Waals surface area contributed by atoms with Crippen LogP contribution in [0, 0.1) is 0 Å². The van der Waals surface area contributed by atoms with Gasteiger partial charge in [0.15, 0.2) is 0 Å². The molecule has 0 aliphatic heterocycles. The van der Waals surface area contributed by atoms with Gasteiger partial charge in [0.05, 0.1) is 0 Å². The lowest BCUT2D eigenvalue weighted by atomic mass is 10.3. The fourth-order valence-corrected chi connectivity index (χ4v) is 2.26. The summed E-state index contributed by atoms with van der Waals surface area (Å²) in [7, 11) is 4.20. The maximum Gasteiger partial charge on any atom is 0.0285 e. The summed E-state index contributed by atoms with van der Waals surface area (Å²) in [6, 6.07) is 2.19. The van der Waals surface area contributed by atoms with Crippen molar-refractivity contribution in [1.29, 1.82) is 0 Å². The summed E-state index contributed by atoms with van der Waals surface area (Å²) < 4.78 is 1.20. The van der Waals surface area contributed by atoms with Crippen molar-refractivity contribution in [3.05, 3.63) is 20.8 Å². The second kappa shape index (κ2) is 4.24. The average molecular weight is 234 g/mol. The Morgan fingerprint density at radius 3 is 2.73 bits per heavy atom. The average Bonchev–Trinajstić information content (AvgIpc) is 2.31. The molecule has 0 saturated heterocycles. The van der Waals surface area contributed by atoms with Crippen LogP contribution >= 0.6 is 27.3 Å². The van der Waals surface area contributed by atoms with Gasteiger partial charge in [0.25, 0.3) is 0 Å². The first-order chi connectivity index (χ1) is 5.18. The summed E-state index contributed by atoms with van der Waals surface area (Å²) in [6.45, 7) is 1.13. The SMILES string of the molecule is CN(C)CCc1cc(Br)cs1. The quantitative estimate of drug-likeness (QED) is 0.777. The monoisotopic (exact) mass is 233 g/mol. The van der Waals surface area contributed by atoms with E-state index in [1.54, 1.807) is 0 Å². The second-order valence-electron chi connectivity index (χ2n) is 2.78. The summed E-state index contributed by atoms with van der Waals surface area (Å²) in [5.74, 6) is 0. The van der Waals surface area contributed by atoms with Gasteiger partial charge >= 0.3 is 0 Å². The highest BCUT2D eigenvalue weighted by Crippen LogP contribution is 2.19. The standard InChI is InChI=1S/C8H12BrNS/c1-10(2)4-3-8-5-7(9)6-11-8/h5-6H,3-4H2,1-2H3. The molecule has 1 aromatic heterocycles. The van der Waals surface area contributed by atoms with E-state index in [-0.39, 0.29) is 0 Å². The molecule has 3 heteroatoms. The largest absolute Gasteiger partial charge is 0.309 e.